The van der Waals surface area contributed by atoms with Crippen molar-refractivity contribution in [3.8, 4) is 5.75 Å². The lowest BCUT2D eigenvalue weighted by molar-refractivity contribution is -0.128. The molecule has 136 valence electrons. The van der Waals surface area contributed by atoms with E-state index in [0.717, 1.165) is 25.9 Å². The normalized spacial score (nSPS) is 17.5. The molecule has 0 aromatic heterocycles. The second kappa shape index (κ2) is 10.1. The Morgan fingerprint density at radius 3 is 2.75 bits per heavy atom. The molecule has 1 unspecified atom stereocenters. The van der Waals surface area contributed by atoms with Crippen molar-refractivity contribution in [1.82, 2.24) is 10.6 Å². The van der Waals surface area contributed by atoms with Crippen LogP contribution in [0, 0.1) is 5.41 Å². The smallest absolute Gasteiger partial charge is 0.260 e. The van der Waals surface area contributed by atoms with E-state index in [1.54, 1.807) is 38.3 Å². The van der Waals surface area contributed by atoms with E-state index in [-0.39, 0.29) is 23.7 Å². The predicted molar refractivity (Wildman–Crippen MR) is 98.2 cm³/mol. The van der Waals surface area contributed by atoms with Crippen LogP contribution < -0.4 is 15.4 Å². The monoisotopic (exact) mass is 376 g/mol. The Kier molecular flexibility index (Phi) is 8.84. The summed E-state index contributed by atoms with van der Waals surface area (Å²) in [6.07, 6.45) is 1.41. The maximum Gasteiger partial charge on any atom is 0.260 e. The summed E-state index contributed by atoms with van der Waals surface area (Å²) in [5, 5.41) is 6.94. The quantitative estimate of drug-likeness (QED) is 0.767. The van der Waals surface area contributed by atoms with Gasteiger partial charge in [0.2, 0.25) is 0 Å². The number of nitrogens with one attached hydrogen (secondary N) is 2. The molecule has 1 aromatic carbocycles. The highest BCUT2D eigenvalue weighted by Gasteiger charge is 2.33. The zero-order valence-corrected chi connectivity index (χ0v) is 15.7. The molecular weight excluding hydrogens is 351 g/mol. The lowest BCUT2D eigenvalue weighted by atomic mass is 9.79. The van der Waals surface area contributed by atoms with Gasteiger partial charge in [-0.2, -0.15) is 0 Å². The maximum absolute atomic E-state index is 12.3. The van der Waals surface area contributed by atoms with E-state index in [1.807, 2.05) is 0 Å². The van der Waals surface area contributed by atoms with Gasteiger partial charge in [0.1, 0.15) is 5.75 Å². The summed E-state index contributed by atoms with van der Waals surface area (Å²) < 4.78 is 11.0. The first-order valence-electron chi connectivity index (χ1n) is 7.94. The highest BCUT2D eigenvalue weighted by Crippen LogP contribution is 2.28. The van der Waals surface area contributed by atoms with Crippen LogP contribution in [-0.2, 0) is 9.53 Å². The van der Waals surface area contributed by atoms with Gasteiger partial charge in [0, 0.05) is 24.1 Å². The molecule has 24 heavy (non-hydrogen) atoms. The molecule has 1 heterocycles. The molecule has 7 heteroatoms. The SMILES string of the molecule is COCC1(CNC(=O)C(C)Oc2cccc(Cl)c2)CCNCC1.Cl. The van der Waals surface area contributed by atoms with Crippen LogP contribution in [0.25, 0.3) is 0 Å². The van der Waals surface area contributed by atoms with Crippen molar-refractivity contribution in [3.63, 3.8) is 0 Å². The van der Waals surface area contributed by atoms with Gasteiger partial charge in [0.05, 0.1) is 6.61 Å². The van der Waals surface area contributed by atoms with E-state index >= 15 is 0 Å². The van der Waals surface area contributed by atoms with Crippen molar-refractivity contribution in [2.45, 2.75) is 25.9 Å². The summed E-state index contributed by atoms with van der Waals surface area (Å²) in [5.41, 5.74) is 0.00539. The summed E-state index contributed by atoms with van der Waals surface area (Å²) in [5.74, 6) is 0.465. The zero-order chi connectivity index (χ0) is 16.7. The van der Waals surface area contributed by atoms with Crippen molar-refractivity contribution in [3.05, 3.63) is 29.3 Å². The number of amides is 1. The molecule has 1 aliphatic heterocycles. The summed E-state index contributed by atoms with van der Waals surface area (Å²) >= 11 is 5.92. The second-order valence-electron chi connectivity index (χ2n) is 6.12. The third-order valence-electron chi connectivity index (χ3n) is 4.23. The third kappa shape index (κ3) is 6.13. The number of piperidine rings is 1. The average Bonchev–Trinajstić information content (AvgIpc) is 2.54. The van der Waals surface area contributed by atoms with Gasteiger partial charge in [0.15, 0.2) is 6.10 Å². The van der Waals surface area contributed by atoms with Gasteiger partial charge in [0.25, 0.3) is 5.91 Å². The van der Waals surface area contributed by atoms with E-state index in [1.165, 1.54) is 0 Å². The summed E-state index contributed by atoms with van der Waals surface area (Å²) in [7, 11) is 1.70. The Hall–Kier alpha value is -1.01. The molecule has 1 aromatic rings. The van der Waals surface area contributed by atoms with Crippen molar-refractivity contribution < 1.29 is 14.3 Å². The van der Waals surface area contributed by atoms with Crippen LogP contribution in [0.4, 0.5) is 0 Å². The molecular formula is C17H26Cl2N2O3. The summed E-state index contributed by atoms with van der Waals surface area (Å²) in [4.78, 5) is 12.3. The number of rotatable bonds is 7. The number of methoxy groups -OCH3 is 1. The molecule has 0 bridgehead atoms. The first-order chi connectivity index (χ1) is 11.0. The van der Waals surface area contributed by atoms with E-state index < -0.39 is 6.10 Å². The van der Waals surface area contributed by atoms with Crippen LogP contribution >= 0.6 is 24.0 Å². The number of carbonyl (C=O) groups is 1. The highest BCUT2D eigenvalue weighted by molar-refractivity contribution is 6.30. The molecule has 1 fully saturated rings. The van der Waals surface area contributed by atoms with E-state index in [4.69, 9.17) is 21.1 Å². The molecule has 0 saturated carbocycles. The number of hydrogen-bond donors (Lipinski definition) is 2. The minimum Gasteiger partial charge on any atom is -0.481 e. The minimum atomic E-state index is -0.574. The van der Waals surface area contributed by atoms with Crippen LogP contribution in [0.2, 0.25) is 5.02 Å². The fourth-order valence-corrected chi connectivity index (χ4v) is 3.03. The number of halogens is 2. The highest BCUT2D eigenvalue weighted by atomic mass is 35.5. The molecule has 0 aliphatic carbocycles. The number of benzene rings is 1. The maximum atomic E-state index is 12.3. The second-order valence-corrected chi connectivity index (χ2v) is 6.55. The van der Waals surface area contributed by atoms with E-state index in [0.29, 0.717) is 23.9 Å². The fraction of sp³-hybridized carbons (Fsp3) is 0.588. The summed E-state index contributed by atoms with van der Waals surface area (Å²) in [6, 6.07) is 7.05. The van der Waals surface area contributed by atoms with Gasteiger partial charge < -0.3 is 20.1 Å². The first-order valence-corrected chi connectivity index (χ1v) is 8.32. The Morgan fingerprint density at radius 2 is 2.12 bits per heavy atom. The summed E-state index contributed by atoms with van der Waals surface area (Å²) in [6.45, 7) is 4.90. The Morgan fingerprint density at radius 1 is 1.42 bits per heavy atom. The van der Waals surface area contributed by atoms with Gasteiger partial charge in [-0.05, 0) is 51.1 Å². The third-order valence-corrected chi connectivity index (χ3v) is 4.47. The largest absolute Gasteiger partial charge is 0.481 e. The molecule has 1 aliphatic rings. The number of carbonyl (C=O) groups excluding carboxylic acids is 1. The van der Waals surface area contributed by atoms with Crippen molar-refractivity contribution >= 4 is 29.9 Å². The molecule has 0 radical (unpaired) electrons. The number of hydrogen-bond acceptors (Lipinski definition) is 4. The van der Waals surface area contributed by atoms with E-state index in [9.17, 15) is 4.79 Å². The van der Waals surface area contributed by atoms with Gasteiger partial charge >= 0.3 is 0 Å². The first kappa shape index (κ1) is 21.0. The fourth-order valence-electron chi connectivity index (χ4n) is 2.85. The molecule has 1 amide bonds. The standard InChI is InChI=1S/C17H25ClN2O3.ClH/c1-13(23-15-5-3-4-14(18)10-15)16(21)20-11-17(12-22-2)6-8-19-9-7-17;/h3-5,10,13,19H,6-9,11-12H2,1-2H3,(H,20,21);1H. The van der Waals surface area contributed by atoms with Gasteiger partial charge in [-0.3, -0.25) is 4.79 Å². The molecule has 5 nitrogen and oxygen atoms in total. The molecule has 1 atom stereocenters. The van der Waals surface area contributed by atoms with Crippen molar-refractivity contribution in [2.24, 2.45) is 5.41 Å². The van der Waals surface area contributed by atoms with Crippen LogP contribution in [0.5, 0.6) is 5.75 Å². The van der Waals surface area contributed by atoms with Crippen molar-refractivity contribution in [2.75, 3.05) is 33.4 Å². The zero-order valence-electron chi connectivity index (χ0n) is 14.1. The van der Waals surface area contributed by atoms with Crippen LogP contribution in [-0.4, -0.2) is 45.4 Å². The van der Waals surface area contributed by atoms with Gasteiger partial charge in [-0.25, -0.2) is 0 Å². The van der Waals surface area contributed by atoms with Crippen LogP contribution in [0.1, 0.15) is 19.8 Å². The van der Waals surface area contributed by atoms with Crippen molar-refractivity contribution in [1.29, 1.82) is 0 Å². The number of ether oxygens (including phenoxy) is 2. The molecule has 1 saturated heterocycles. The Bertz CT molecular complexity index is 517. The van der Waals surface area contributed by atoms with E-state index in [2.05, 4.69) is 10.6 Å². The average molecular weight is 377 g/mol. The molecule has 2 rings (SSSR count). The van der Waals surface area contributed by atoms with Crippen LogP contribution in [0.15, 0.2) is 24.3 Å². The lowest BCUT2D eigenvalue weighted by Gasteiger charge is -2.37. The topological polar surface area (TPSA) is 59.6 Å². The van der Waals surface area contributed by atoms with Gasteiger partial charge in [-0.1, -0.05) is 17.7 Å². The molecule has 0 spiro atoms. The minimum absolute atomic E-state index is 0. The van der Waals surface area contributed by atoms with Gasteiger partial charge in [-0.15, -0.1) is 12.4 Å². The predicted octanol–water partition coefficient (Wildman–Crippen LogP) is 2.66. The van der Waals surface area contributed by atoms with Crippen LogP contribution in [0.3, 0.4) is 0 Å². The lowest BCUT2D eigenvalue weighted by Crippen LogP contribution is -2.49. The Balaban J connectivity index is 0.00000288. The molecule has 2 N–H and O–H groups in total. The Labute approximate surface area is 154 Å².